The highest BCUT2D eigenvalue weighted by molar-refractivity contribution is 5.89. The third-order valence-corrected chi connectivity index (χ3v) is 2.66. The van der Waals surface area contributed by atoms with E-state index in [4.69, 9.17) is 5.73 Å². The van der Waals surface area contributed by atoms with Crippen LogP contribution in [-0.2, 0) is 4.74 Å². The summed E-state index contributed by atoms with van der Waals surface area (Å²) in [6, 6.07) is 4.25. The van der Waals surface area contributed by atoms with Crippen molar-refractivity contribution < 1.29 is 13.9 Å². The number of rotatable bonds is 2. The highest BCUT2D eigenvalue weighted by Gasteiger charge is 2.37. The van der Waals surface area contributed by atoms with Gasteiger partial charge in [-0.1, -0.05) is 0 Å². The number of ether oxygens (including phenoxy) is 1. The summed E-state index contributed by atoms with van der Waals surface area (Å²) in [6.07, 6.45) is 0.779. The van der Waals surface area contributed by atoms with Gasteiger partial charge in [0.25, 0.3) is 0 Å². The Morgan fingerprint density at radius 3 is 2.80 bits per heavy atom. The number of benzene rings is 1. The van der Waals surface area contributed by atoms with E-state index < -0.39 is 5.97 Å². The van der Waals surface area contributed by atoms with Crippen molar-refractivity contribution in [3.63, 3.8) is 0 Å². The van der Waals surface area contributed by atoms with E-state index in [-0.39, 0.29) is 17.8 Å². The molecule has 0 saturated heterocycles. The van der Waals surface area contributed by atoms with E-state index in [1.54, 1.807) is 0 Å². The van der Waals surface area contributed by atoms with Crippen LogP contribution in [0.15, 0.2) is 18.2 Å². The Balaban J connectivity index is 2.33. The number of hydrogen-bond donors (Lipinski definition) is 1. The van der Waals surface area contributed by atoms with Gasteiger partial charge in [-0.2, -0.15) is 0 Å². The van der Waals surface area contributed by atoms with Gasteiger partial charge in [0.15, 0.2) is 0 Å². The Labute approximate surface area is 87.0 Å². The van der Waals surface area contributed by atoms with E-state index in [9.17, 15) is 9.18 Å². The van der Waals surface area contributed by atoms with Crippen LogP contribution in [0, 0.1) is 5.82 Å². The van der Waals surface area contributed by atoms with Crippen LogP contribution in [0.25, 0.3) is 0 Å². The summed E-state index contributed by atoms with van der Waals surface area (Å²) in [7, 11) is 1.30. The van der Waals surface area contributed by atoms with Gasteiger partial charge in [-0.05, 0) is 30.2 Å². The first-order chi connectivity index (χ1) is 7.13. The summed E-state index contributed by atoms with van der Waals surface area (Å²) in [4.78, 5) is 11.2. The topological polar surface area (TPSA) is 52.3 Å². The second-order valence-electron chi connectivity index (χ2n) is 3.73. The maximum absolute atomic E-state index is 13.4. The van der Waals surface area contributed by atoms with Crippen LogP contribution in [0.3, 0.4) is 0 Å². The van der Waals surface area contributed by atoms with Crippen molar-refractivity contribution in [3.8, 4) is 0 Å². The van der Waals surface area contributed by atoms with Gasteiger partial charge >= 0.3 is 5.97 Å². The normalized spacial score (nSPS) is 23.7. The summed E-state index contributed by atoms with van der Waals surface area (Å²) in [5.41, 5.74) is 6.53. The molecule has 0 spiro atoms. The second kappa shape index (κ2) is 3.62. The molecular weight excluding hydrogens is 197 g/mol. The highest BCUT2D eigenvalue weighted by atomic mass is 19.1. The van der Waals surface area contributed by atoms with E-state index in [1.807, 2.05) is 0 Å². The minimum absolute atomic E-state index is 0.0207. The van der Waals surface area contributed by atoms with Crippen LogP contribution in [0.1, 0.15) is 28.3 Å². The number of nitrogens with two attached hydrogens (primary N) is 1. The second-order valence-corrected chi connectivity index (χ2v) is 3.73. The van der Waals surface area contributed by atoms with E-state index in [0.717, 1.165) is 6.42 Å². The fraction of sp³-hybridized carbons (Fsp3) is 0.364. The Bertz CT molecular complexity index is 406. The Morgan fingerprint density at radius 2 is 2.27 bits per heavy atom. The Hall–Kier alpha value is -1.42. The Morgan fingerprint density at radius 1 is 1.60 bits per heavy atom. The van der Waals surface area contributed by atoms with Crippen molar-refractivity contribution in [2.24, 2.45) is 5.73 Å². The lowest BCUT2D eigenvalue weighted by molar-refractivity contribution is 0.0600. The van der Waals surface area contributed by atoms with Gasteiger partial charge in [0.05, 0.1) is 12.7 Å². The maximum atomic E-state index is 13.4. The van der Waals surface area contributed by atoms with Gasteiger partial charge in [0.1, 0.15) is 5.82 Å². The summed E-state index contributed by atoms with van der Waals surface area (Å²) in [6.45, 7) is 0. The molecule has 0 bridgehead atoms. The molecule has 1 fully saturated rings. The summed E-state index contributed by atoms with van der Waals surface area (Å²) >= 11 is 0. The monoisotopic (exact) mass is 209 g/mol. The average Bonchev–Trinajstić information content (AvgIpc) is 2.95. The zero-order valence-corrected chi connectivity index (χ0v) is 8.37. The number of hydrogen-bond acceptors (Lipinski definition) is 3. The molecule has 1 aromatic rings. The predicted octanol–water partition coefficient (Wildman–Crippen LogP) is 1.43. The molecule has 3 nitrogen and oxygen atoms in total. The van der Waals surface area contributed by atoms with Crippen LogP contribution in [0.2, 0.25) is 0 Å². The molecule has 2 atom stereocenters. The molecule has 4 heteroatoms. The molecule has 15 heavy (non-hydrogen) atoms. The van der Waals surface area contributed by atoms with Gasteiger partial charge in [-0.3, -0.25) is 0 Å². The SMILES string of the molecule is COC(=O)c1ccc(F)c(C2CC2N)c1. The zero-order valence-electron chi connectivity index (χ0n) is 8.37. The van der Waals surface area contributed by atoms with Crippen molar-refractivity contribution in [1.29, 1.82) is 0 Å². The van der Waals surface area contributed by atoms with Gasteiger partial charge in [-0.25, -0.2) is 9.18 Å². The van der Waals surface area contributed by atoms with Crippen molar-refractivity contribution >= 4 is 5.97 Å². The third kappa shape index (κ3) is 1.85. The van der Waals surface area contributed by atoms with Gasteiger partial charge in [-0.15, -0.1) is 0 Å². The molecule has 0 amide bonds. The number of esters is 1. The lowest BCUT2D eigenvalue weighted by Gasteiger charge is -2.04. The molecule has 1 aliphatic carbocycles. The van der Waals surface area contributed by atoms with Gasteiger partial charge in [0.2, 0.25) is 0 Å². The number of methoxy groups -OCH3 is 1. The van der Waals surface area contributed by atoms with E-state index in [1.165, 1.54) is 25.3 Å². The molecular formula is C11H12FNO2. The molecule has 1 aliphatic rings. The van der Waals surface area contributed by atoms with Gasteiger partial charge in [0, 0.05) is 12.0 Å². The molecule has 1 aromatic carbocycles. The molecule has 0 aliphatic heterocycles. The molecule has 0 aromatic heterocycles. The first-order valence-electron chi connectivity index (χ1n) is 4.77. The number of carbonyl (C=O) groups is 1. The minimum atomic E-state index is -0.453. The van der Waals surface area contributed by atoms with E-state index in [2.05, 4.69) is 4.74 Å². The van der Waals surface area contributed by atoms with Crippen molar-refractivity contribution in [2.75, 3.05) is 7.11 Å². The highest BCUT2D eigenvalue weighted by Crippen LogP contribution is 2.40. The lowest BCUT2D eigenvalue weighted by Crippen LogP contribution is -2.05. The maximum Gasteiger partial charge on any atom is 0.337 e. The molecule has 0 radical (unpaired) electrons. The quantitative estimate of drug-likeness (QED) is 0.749. The largest absolute Gasteiger partial charge is 0.465 e. The summed E-state index contributed by atoms with van der Waals surface area (Å²) < 4.78 is 18.0. The van der Waals surface area contributed by atoms with Crippen LogP contribution >= 0.6 is 0 Å². The molecule has 2 N–H and O–H groups in total. The van der Waals surface area contributed by atoms with Crippen molar-refractivity contribution in [3.05, 3.63) is 35.1 Å². The molecule has 80 valence electrons. The van der Waals surface area contributed by atoms with Crippen LogP contribution in [-0.4, -0.2) is 19.1 Å². The van der Waals surface area contributed by atoms with Crippen LogP contribution in [0.5, 0.6) is 0 Å². The van der Waals surface area contributed by atoms with Crippen LogP contribution < -0.4 is 5.73 Å². The number of halogens is 1. The van der Waals surface area contributed by atoms with E-state index in [0.29, 0.717) is 11.1 Å². The molecule has 2 rings (SSSR count). The zero-order chi connectivity index (χ0) is 11.0. The predicted molar refractivity (Wildman–Crippen MR) is 53.1 cm³/mol. The standard InChI is InChI=1S/C11H12FNO2/c1-15-11(14)6-2-3-9(12)7(4-6)8-5-10(8)13/h2-4,8,10H,5,13H2,1H3. The summed E-state index contributed by atoms with van der Waals surface area (Å²) in [5.74, 6) is -0.708. The molecule has 0 heterocycles. The van der Waals surface area contributed by atoms with Crippen molar-refractivity contribution in [1.82, 2.24) is 0 Å². The third-order valence-electron chi connectivity index (χ3n) is 2.66. The fourth-order valence-electron chi connectivity index (χ4n) is 1.64. The lowest BCUT2D eigenvalue weighted by atomic mass is 10.1. The fourth-order valence-corrected chi connectivity index (χ4v) is 1.64. The first-order valence-corrected chi connectivity index (χ1v) is 4.77. The van der Waals surface area contributed by atoms with Gasteiger partial charge < -0.3 is 10.5 Å². The van der Waals surface area contributed by atoms with Crippen LogP contribution in [0.4, 0.5) is 4.39 Å². The molecule has 1 saturated carbocycles. The van der Waals surface area contributed by atoms with Crippen molar-refractivity contribution in [2.45, 2.75) is 18.4 Å². The Kier molecular flexibility index (Phi) is 2.44. The first kappa shape index (κ1) is 10.1. The summed E-state index contributed by atoms with van der Waals surface area (Å²) in [5, 5.41) is 0. The number of carbonyl (C=O) groups excluding carboxylic acids is 1. The van der Waals surface area contributed by atoms with E-state index >= 15 is 0 Å². The average molecular weight is 209 g/mol. The minimum Gasteiger partial charge on any atom is -0.465 e. The molecule has 2 unspecified atom stereocenters. The smallest absolute Gasteiger partial charge is 0.337 e.